The maximum atomic E-state index is 13.5. The highest BCUT2D eigenvalue weighted by molar-refractivity contribution is 5.87. The second-order valence-electron chi connectivity index (χ2n) is 9.20. The average molecular weight is 485 g/mol. The van der Waals surface area contributed by atoms with Gasteiger partial charge in [0, 0.05) is 12.6 Å². The molecule has 0 aliphatic rings. The van der Waals surface area contributed by atoms with E-state index in [9.17, 15) is 18.0 Å². The van der Waals surface area contributed by atoms with Gasteiger partial charge in [-0.2, -0.15) is 13.2 Å². The minimum absolute atomic E-state index is 0.0559. The van der Waals surface area contributed by atoms with Gasteiger partial charge in [0.2, 0.25) is 0 Å². The van der Waals surface area contributed by atoms with Crippen molar-refractivity contribution in [3.05, 3.63) is 63.2 Å². The number of anilines is 1. The van der Waals surface area contributed by atoms with Crippen molar-refractivity contribution >= 4 is 16.9 Å². The number of nitrogens with one attached hydrogen (secondary N) is 1. The third-order valence-electron chi connectivity index (χ3n) is 6.70. The topological polar surface area (TPSA) is 59.8 Å². The number of aromatic nitrogens is 3. The van der Waals surface area contributed by atoms with Crippen molar-refractivity contribution < 1.29 is 13.2 Å². The SMILES string of the molecule is C#C[C@@H](Nc1ncnc2c1cc(C(C)(CCC)CCC)c(=O)n2C)c1cccc(C(F)(F)F)c1C. The van der Waals surface area contributed by atoms with Gasteiger partial charge in [-0.1, -0.05) is 51.7 Å². The Morgan fingerprint density at radius 3 is 2.37 bits per heavy atom. The van der Waals surface area contributed by atoms with Crippen LogP contribution in [0.2, 0.25) is 0 Å². The largest absolute Gasteiger partial charge is 0.416 e. The molecule has 0 fully saturated rings. The first-order chi connectivity index (χ1) is 16.5. The molecule has 0 aliphatic carbocycles. The zero-order chi connectivity index (χ0) is 26.0. The Kier molecular flexibility index (Phi) is 7.59. The molecular formula is C27H31F3N4O. The predicted molar refractivity (Wildman–Crippen MR) is 133 cm³/mol. The lowest BCUT2D eigenvalue weighted by Crippen LogP contribution is -2.33. The average Bonchev–Trinajstić information content (AvgIpc) is 2.79. The summed E-state index contributed by atoms with van der Waals surface area (Å²) in [6.07, 6.45) is 6.11. The summed E-state index contributed by atoms with van der Waals surface area (Å²) in [7, 11) is 1.67. The molecule has 5 nitrogen and oxygen atoms in total. The molecule has 0 bridgehead atoms. The normalized spacial score (nSPS) is 13.0. The van der Waals surface area contributed by atoms with Gasteiger partial charge in [0.15, 0.2) is 0 Å². The predicted octanol–water partition coefficient (Wildman–Crippen LogP) is 6.30. The Balaban J connectivity index is 2.18. The molecule has 8 heteroatoms. The number of alkyl halides is 3. The summed E-state index contributed by atoms with van der Waals surface area (Å²) >= 11 is 0. The van der Waals surface area contributed by atoms with E-state index in [0.717, 1.165) is 31.7 Å². The van der Waals surface area contributed by atoms with Crippen LogP contribution in [0.25, 0.3) is 11.0 Å². The van der Waals surface area contributed by atoms with E-state index >= 15 is 0 Å². The third-order valence-corrected chi connectivity index (χ3v) is 6.70. The molecule has 0 aliphatic heterocycles. The van der Waals surface area contributed by atoms with Crippen LogP contribution in [0.4, 0.5) is 19.0 Å². The van der Waals surface area contributed by atoms with Gasteiger partial charge in [0.25, 0.3) is 5.56 Å². The lowest BCUT2D eigenvalue weighted by molar-refractivity contribution is -0.138. The summed E-state index contributed by atoms with van der Waals surface area (Å²) < 4.78 is 41.9. The van der Waals surface area contributed by atoms with Crippen molar-refractivity contribution in [3.63, 3.8) is 0 Å². The van der Waals surface area contributed by atoms with E-state index in [1.165, 1.54) is 23.9 Å². The van der Waals surface area contributed by atoms with E-state index in [4.69, 9.17) is 6.42 Å². The molecule has 3 rings (SSSR count). The Labute approximate surface area is 203 Å². The van der Waals surface area contributed by atoms with E-state index < -0.39 is 17.8 Å². The van der Waals surface area contributed by atoms with Crippen LogP contribution >= 0.6 is 0 Å². The van der Waals surface area contributed by atoms with E-state index in [0.29, 0.717) is 28.0 Å². The van der Waals surface area contributed by atoms with E-state index in [2.05, 4.69) is 42.0 Å². The zero-order valence-corrected chi connectivity index (χ0v) is 20.8. The Morgan fingerprint density at radius 2 is 1.80 bits per heavy atom. The molecule has 3 aromatic rings. The van der Waals surface area contributed by atoms with Crippen molar-refractivity contribution in [2.24, 2.45) is 7.05 Å². The third kappa shape index (κ3) is 5.04. The second-order valence-corrected chi connectivity index (χ2v) is 9.20. The lowest BCUT2D eigenvalue weighted by Gasteiger charge is -2.30. The molecule has 0 saturated carbocycles. The smallest absolute Gasteiger partial charge is 0.352 e. The highest BCUT2D eigenvalue weighted by atomic mass is 19.4. The highest BCUT2D eigenvalue weighted by Crippen LogP contribution is 2.37. The van der Waals surface area contributed by atoms with Gasteiger partial charge in [0.1, 0.15) is 23.8 Å². The summed E-state index contributed by atoms with van der Waals surface area (Å²) in [6.45, 7) is 7.68. The highest BCUT2D eigenvalue weighted by Gasteiger charge is 2.34. The number of nitrogens with zero attached hydrogens (tertiary/aromatic N) is 3. The van der Waals surface area contributed by atoms with Crippen molar-refractivity contribution in [1.29, 1.82) is 0 Å². The molecule has 0 spiro atoms. The molecule has 1 atom stereocenters. The molecule has 186 valence electrons. The number of hydrogen-bond acceptors (Lipinski definition) is 4. The zero-order valence-electron chi connectivity index (χ0n) is 20.8. The van der Waals surface area contributed by atoms with Crippen LogP contribution in [0, 0.1) is 19.3 Å². The van der Waals surface area contributed by atoms with Crippen LogP contribution in [0.3, 0.4) is 0 Å². The summed E-state index contributed by atoms with van der Waals surface area (Å²) in [5.74, 6) is 2.92. The van der Waals surface area contributed by atoms with Gasteiger partial charge in [-0.05, 0) is 48.4 Å². The molecule has 35 heavy (non-hydrogen) atoms. The number of fused-ring (bicyclic) bond motifs is 1. The summed E-state index contributed by atoms with van der Waals surface area (Å²) in [5.41, 5.74) is 0.298. The quantitative estimate of drug-likeness (QED) is 0.381. The molecule has 0 saturated heterocycles. The van der Waals surface area contributed by atoms with Crippen LogP contribution in [0.15, 0.2) is 35.4 Å². The minimum atomic E-state index is -4.49. The number of halogens is 3. The molecule has 0 radical (unpaired) electrons. The van der Waals surface area contributed by atoms with Gasteiger partial charge < -0.3 is 5.32 Å². The summed E-state index contributed by atoms with van der Waals surface area (Å²) in [6, 6.07) is 4.91. The van der Waals surface area contributed by atoms with Gasteiger partial charge in [-0.25, -0.2) is 9.97 Å². The minimum Gasteiger partial charge on any atom is -0.352 e. The first kappa shape index (κ1) is 26.3. The summed E-state index contributed by atoms with van der Waals surface area (Å²) in [5, 5.41) is 3.72. The monoisotopic (exact) mass is 484 g/mol. The van der Waals surface area contributed by atoms with Crippen molar-refractivity contribution in [2.75, 3.05) is 5.32 Å². The van der Waals surface area contributed by atoms with Gasteiger partial charge in [-0.15, -0.1) is 6.42 Å². The number of benzene rings is 1. The number of terminal acetylenes is 1. The first-order valence-electron chi connectivity index (χ1n) is 11.7. The van der Waals surface area contributed by atoms with E-state index in [1.54, 1.807) is 13.1 Å². The standard InChI is InChI=1S/C27H31F3N4O/c1-7-13-26(5,14-8-2)21-15-19-23(31-16-32-24(19)34(6)25(21)35)33-22(9-3)18-11-10-12-20(17(18)4)27(28,29)30/h3,10-12,15-16,22H,7-8,13-14H2,1-2,4-6H3,(H,31,32,33)/t22-/m1/s1. The molecule has 0 unspecified atom stereocenters. The maximum Gasteiger partial charge on any atom is 0.416 e. The van der Waals surface area contributed by atoms with Gasteiger partial charge >= 0.3 is 6.18 Å². The van der Waals surface area contributed by atoms with E-state index in [-0.39, 0.29) is 16.5 Å². The molecular weight excluding hydrogens is 453 g/mol. The Bertz CT molecular complexity index is 1310. The second kappa shape index (κ2) is 10.1. The molecule has 1 N–H and O–H groups in total. The fourth-order valence-corrected chi connectivity index (χ4v) is 4.93. The van der Waals surface area contributed by atoms with Crippen LogP contribution < -0.4 is 10.9 Å². The van der Waals surface area contributed by atoms with E-state index in [1.807, 2.05) is 6.07 Å². The van der Waals surface area contributed by atoms with Gasteiger partial charge in [0.05, 0.1) is 10.9 Å². The van der Waals surface area contributed by atoms with Crippen molar-refractivity contribution in [3.8, 4) is 12.3 Å². The first-order valence-corrected chi connectivity index (χ1v) is 11.7. The van der Waals surface area contributed by atoms with Crippen molar-refractivity contribution in [1.82, 2.24) is 14.5 Å². The summed E-state index contributed by atoms with van der Waals surface area (Å²) in [4.78, 5) is 22.0. The number of rotatable bonds is 8. The van der Waals surface area contributed by atoms with Gasteiger partial charge in [-0.3, -0.25) is 9.36 Å². The maximum absolute atomic E-state index is 13.5. The van der Waals surface area contributed by atoms with Crippen LogP contribution in [0.5, 0.6) is 0 Å². The number of aryl methyl sites for hydroxylation is 1. The van der Waals surface area contributed by atoms with Crippen molar-refractivity contribution in [2.45, 2.75) is 71.0 Å². The molecule has 1 aromatic carbocycles. The molecule has 0 amide bonds. The van der Waals surface area contributed by atoms with Crippen LogP contribution in [0.1, 0.15) is 74.8 Å². The Morgan fingerprint density at radius 1 is 1.14 bits per heavy atom. The van der Waals surface area contributed by atoms with Crippen LogP contribution in [-0.4, -0.2) is 14.5 Å². The fraction of sp³-hybridized carbons (Fsp3) is 0.444. The lowest BCUT2D eigenvalue weighted by atomic mass is 9.75. The fourth-order valence-electron chi connectivity index (χ4n) is 4.93. The molecule has 2 aromatic heterocycles. The molecule has 2 heterocycles. The van der Waals surface area contributed by atoms with Crippen LogP contribution in [-0.2, 0) is 18.6 Å². The Hall–Kier alpha value is -3.34. The number of hydrogen-bond donors (Lipinski definition) is 1. The number of pyridine rings is 1.